The summed E-state index contributed by atoms with van der Waals surface area (Å²) in [5.74, 6) is 2.24. The highest BCUT2D eigenvalue weighted by atomic mass is 35.5. The third-order valence-corrected chi connectivity index (χ3v) is 8.51. The molecule has 2 saturated carbocycles. The number of hydrogen-bond acceptors (Lipinski definition) is 5. The Morgan fingerprint density at radius 1 is 0.974 bits per heavy atom. The number of hydrogen-bond donors (Lipinski definition) is 0. The Kier molecular flexibility index (Phi) is 7.37. The monoisotopic (exact) mass is 535 g/mol. The van der Waals surface area contributed by atoms with Crippen molar-refractivity contribution in [3.05, 3.63) is 59.1 Å². The lowest BCUT2D eigenvalue weighted by atomic mass is 9.93. The van der Waals surface area contributed by atoms with Crippen molar-refractivity contribution in [2.24, 2.45) is 0 Å². The Labute approximate surface area is 228 Å². The molecule has 1 aromatic heterocycles. The molecule has 38 heavy (non-hydrogen) atoms. The van der Waals surface area contributed by atoms with Crippen LogP contribution in [0.1, 0.15) is 63.1 Å². The van der Waals surface area contributed by atoms with Crippen LogP contribution < -0.4 is 9.80 Å². The first-order valence-corrected chi connectivity index (χ1v) is 14.5. The zero-order chi connectivity index (χ0) is 26.1. The van der Waals surface area contributed by atoms with E-state index in [1.165, 1.54) is 25.3 Å². The largest absolute Gasteiger partial charge is 0.366 e. The van der Waals surface area contributed by atoms with Crippen molar-refractivity contribution >= 4 is 39.9 Å². The fraction of sp³-hybridized carbons (Fsp3) is 0.500. The van der Waals surface area contributed by atoms with Crippen LogP contribution in [0.5, 0.6) is 0 Å². The van der Waals surface area contributed by atoms with Crippen LogP contribution in [0.4, 0.5) is 15.9 Å². The minimum absolute atomic E-state index is 0.155. The third kappa shape index (κ3) is 5.44. The summed E-state index contributed by atoms with van der Waals surface area (Å²) in [6, 6.07) is 13.1. The Hall–Kier alpha value is -2.93. The van der Waals surface area contributed by atoms with Crippen molar-refractivity contribution in [1.29, 1.82) is 0 Å². The average Bonchev–Trinajstić information content (AvgIpc) is 3.79. The number of aromatic nitrogens is 2. The smallest absolute Gasteiger partial charge is 0.224 e. The first-order valence-electron chi connectivity index (χ1n) is 14.1. The normalized spacial score (nSPS) is 18.7. The van der Waals surface area contributed by atoms with Crippen molar-refractivity contribution in [3.8, 4) is 0 Å². The molecular formula is C30H35ClFN5O. The van der Waals surface area contributed by atoms with Crippen LogP contribution in [-0.4, -0.2) is 59.5 Å². The maximum Gasteiger partial charge on any atom is 0.224 e. The molecule has 1 saturated heterocycles. The summed E-state index contributed by atoms with van der Waals surface area (Å²) >= 11 is 6.35. The fourth-order valence-electron chi connectivity index (χ4n) is 5.98. The van der Waals surface area contributed by atoms with E-state index in [9.17, 15) is 9.18 Å². The lowest BCUT2D eigenvalue weighted by Crippen LogP contribution is -2.50. The van der Waals surface area contributed by atoms with Gasteiger partial charge in [0.2, 0.25) is 5.91 Å². The van der Waals surface area contributed by atoms with E-state index in [0.29, 0.717) is 61.8 Å². The van der Waals surface area contributed by atoms with Crippen LogP contribution in [0.2, 0.25) is 5.02 Å². The number of anilines is 2. The number of para-hydroxylation sites is 1. The molecule has 6 rings (SSSR count). The van der Waals surface area contributed by atoms with Gasteiger partial charge < -0.3 is 14.7 Å². The molecule has 3 aliphatic rings. The van der Waals surface area contributed by atoms with E-state index in [1.54, 1.807) is 6.07 Å². The van der Waals surface area contributed by atoms with Gasteiger partial charge in [0, 0.05) is 61.5 Å². The quantitative estimate of drug-likeness (QED) is 0.362. The van der Waals surface area contributed by atoms with Gasteiger partial charge in [-0.1, -0.05) is 43.0 Å². The Balaban J connectivity index is 1.20. The van der Waals surface area contributed by atoms with E-state index < -0.39 is 0 Å². The van der Waals surface area contributed by atoms with Crippen LogP contribution in [0.3, 0.4) is 0 Å². The van der Waals surface area contributed by atoms with Crippen LogP contribution >= 0.6 is 11.6 Å². The number of benzene rings is 2. The maximum absolute atomic E-state index is 14.2. The molecule has 2 heterocycles. The molecule has 3 aromatic rings. The van der Waals surface area contributed by atoms with Crippen LogP contribution in [0, 0.1) is 5.82 Å². The molecule has 0 N–H and O–H groups in total. The molecule has 0 unspecified atom stereocenters. The minimum Gasteiger partial charge on any atom is -0.366 e. The predicted molar refractivity (Wildman–Crippen MR) is 151 cm³/mol. The van der Waals surface area contributed by atoms with Gasteiger partial charge in [-0.3, -0.25) is 4.79 Å². The van der Waals surface area contributed by atoms with E-state index in [-0.39, 0.29) is 11.7 Å². The summed E-state index contributed by atoms with van der Waals surface area (Å²) in [5, 5.41) is 1.69. The molecule has 0 radical (unpaired) electrons. The molecule has 1 amide bonds. The highest BCUT2D eigenvalue weighted by molar-refractivity contribution is 6.31. The molecule has 3 fully saturated rings. The summed E-state index contributed by atoms with van der Waals surface area (Å²) in [6.45, 7) is 3.13. The molecule has 8 heteroatoms. The van der Waals surface area contributed by atoms with Crippen molar-refractivity contribution < 1.29 is 9.18 Å². The lowest BCUT2D eigenvalue weighted by molar-refractivity contribution is -0.131. The maximum atomic E-state index is 14.2. The molecule has 6 nitrogen and oxygen atoms in total. The summed E-state index contributed by atoms with van der Waals surface area (Å²) in [7, 11) is 0. The van der Waals surface area contributed by atoms with Gasteiger partial charge in [0.25, 0.3) is 0 Å². The zero-order valence-electron chi connectivity index (χ0n) is 21.8. The summed E-state index contributed by atoms with van der Waals surface area (Å²) in [5.41, 5.74) is 1.51. The predicted octanol–water partition coefficient (Wildman–Crippen LogP) is 6.18. The van der Waals surface area contributed by atoms with Gasteiger partial charge in [-0.15, -0.1) is 0 Å². The number of carbonyl (C=O) groups is 1. The second-order valence-corrected chi connectivity index (χ2v) is 11.3. The number of rotatable bonds is 7. The van der Waals surface area contributed by atoms with Crippen LogP contribution in [-0.2, 0) is 4.79 Å². The first-order chi connectivity index (χ1) is 18.6. The lowest BCUT2D eigenvalue weighted by Gasteiger charge is -2.38. The fourth-order valence-corrected chi connectivity index (χ4v) is 6.15. The number of amides is 1. The van der Waals surface area contributed by atoms with Gasteiger partial charge in [-0.25, -0.2) is 14.4 Å². The van der Waals surface area contributed by atoms with Gasteiger partial charge in [0.15, 0.2) is 0 Å². The van der Waals surface area contributed by atoms with Gasteiger partial charge in [0.05, 0.1) is 11.2 Å². The van der Waals surface area contributed by atoms with Crippen molar-refractivity contribution in [2.75, 3.05) is 42.5 Å². The SMILES string of the molecule is O=C(CCN(c1nc(C2CC2)nc2cc(Cl)ccc12)C1CCCCC1)N1CCN(c2ccccc2F)CC1. The third-order valence-electron chi connectivity index (χ3n) is 8.28. The number of nitrogens with zero attached hydrogens (tertiary/aromatic N) is 5. The number of carbonyl (C=O) groups excluding carboxylic acids is 1. The van der Waals surface area contributed by atoms with Gasteiger partial charge >= 0.3 is 0 Å². The van der Waals surface area contributed by atoms with Crippen molar-refractivity contribution in [1.82, 2.24) is 14.9 Å². The van der Waals surface area contributed by atoms with E-state index in [1.807, 2.05) is 40.1 Å². The standard InChI is InChI=1S/C30H35ClFN5O/c31-22-12-13-24-26(20-22)33-29(21-10-11-21)34-30(24)37(23-6-2-1-3-7-23)15-14-28(38)36-18-16-35(17-19-36)27-9-5-4-8-25(27)32/h4-5,8-9,12-13,20-21,23H,1-3,6-7,10-11,14-19H2. The number of halogens is 2. The van der Waals surface area contributed by atoms with E-state index in [2.05, 4.69) is 4.90 Å². The second kappa shape index (κ2) is 11.0. The highest BCUT2D eigenvalue weighted by Crippen LogP contribution is 2.41. The molecule has 200 valence electrons. The van der Waals surface area contributed by atoms with Crippen molar-refractivity contribution in [3.63, 3.8) is 0 Å². The van der Waals surface area contributed by atoms with E-state index in [4.69, 9.17) is 21.6 Å². The summed E-state index contributed by atoms with van der Waals surface area (Å²) in [6.07, 6.45) is 8.62. The molecule has 2 aliphatic carbocycles. The van der Waals surface area contributed by atoms with Crippen LogP contribution in [0.25, 0.3) is 10.9 Å². The highest BCUT2D eigenvalue weighted by Gasteiger charge is 2.31. The van der Waals surface area contributed by atoms with Crippen LogP contribution in [0.15, 0.2) is 42.5 Å². The Morgan fingerprint density at radius 3 is 2.47 bits per heavy atom. The van der Waals surface area contributed by atoms with Gasteiger partial charge in [0.1, 0.15) is 17.5 Å². The second-order valence-electron chi connectivity index (χ2n) is 10.9. The Bertz CT molecular complexity index is 1300. The molecular weight excluding hydrogens is 501 g/mol. The Morgan fingerprint density at radius 2 is 1.74 bits per heavy atom. The zero-order valence-corrected chi connectivity index (χ0v) is 22.5. The van der Waals surface area contributed by atoms with Gasteiger partial charge in [-0.2, -0.15) is 0 Å². The molecule has 1 aliphatic heterocycles. The minimum atomic E-state index is -0.209. The molecule has 0 bridgehead atoms. The van der Waals surface area contributed by atoms with E-state index >= 15 is 0 Å². The molecule has 0 atom stereocenters. The molecule has 2 aromatic carbocycles. The summed E-state index contributed by atoms with van der Waals surface area (Å²) in [4.78, 5) is 29.7. The average molecular weight is 536 g/mol. The number of fused-ring (bicyclic) bond motifs is 1. The number of piperazine rings is 1. The first kappa shape index (κ1) is 25.4. The summed E-state index contributed by atoms with van der Waals surface area (Å²) < 4.78 is 14.2. The topological polar surface area (TPSA) is 52.6 Å². The van der Waals surface area contributed by atoms with Gasteiger partial charge in [-0.05, 0) is 56.0 Å². The van der Waals surface area contributed by atoms with E-state index in [0.717, 1.165) is 48.2 Å². The molecule has 0 spiro atoms. The van der Waals surface area contributed by atoms with Crippen molar-refractivity contribution in [2.45, 2.75) is 63.3 Å².